The Kier molecular flexibility index (Phi) is 2.93. The average Bonchev–Trinajstić information content (AvgIpc) is 2.55. The molecule has 1 aromatic carbocycles. The van der Waals surface area contributed by atoms with Crippen LogP contribution < -0.4 is 0 Å². The van der Waals surface area contributed by atoms with Crippen molar-refractivity contribution in [3.8, 4) is 11.4 Å². The van der Waals surface area contributed by atoms with Crippen LogP contribution in [-0.4, -0.2) is 14.9 Å². The van der Waals surface area contributed by atoms with E-state index in [2.05, 4.69) is 31.9 Å². The first kappa shape index (κ1) is 12.7. The summed E-state index contributed by atoms with van der Waals surface area (Å²) in [5.41, 5.74) is 4.06. The van der Waals surface area contributed by atoms with Crippen LogP contribution in [0.5, 0.6) is 5.75 Å². The first-order valence-corrected chi connectivity index (χ1v) is 6.15. The zero-order valence-corrected chi connectivity index (χ0v) is 11.7. The van der Waals surface area contributed by atoms with Gasteiger partial charge in [0.25, 0.3) is 0 Å². The van der Waals surface area contributed by atoms with E-state index in [1.165, 1.54) is 0 Å². The van der Waals surface area contributed by atoms with E-state index in [4.69, 9.17) is 0 Å². The Morgan fingerprint density at radius 3 is 2.22 bits per heavy atom. The van der Waals surface area contributed by atoms with Crippen LogP contribution in [0.1, 0.15) is 37.7 Å². The number of hydrogen-bond acceptors (Lipinski definition) is 2. The third-order valence-corrected chi connectivity index (χ3v) is 3.02. The Morgan fingerprint density at radius 2 is 1.72 bits per heavy atom. The minimum absolute atomic E-state index is 0.00356. The summed E-state index contributed by atoms with van der Waals surface area (Å²) in [7, 11) is 0. The molecule has 0 unspecified atom stereocenters. The molecule has 18 heavy (non-hydrogen) atoms. The summed E-state index contributed by atoms with van der Waals surface area (Å²) in [6.07, 6.45) is 0. The summed E-state index contributed by atoms with van der Waals surface area (Å²) in [6.45, 7) is 10.4. The van der Waals surface area contributed by atoms with Crippen LogP contribution in [0.4, 0.5) is 0 Å². The van der Waals surface area contributed by atoms with Gasteiger partial charge in [-0.05, 0) is 43.0 Å². The molecule has 0 saturated carbocycles. The lowest BCUT2D eigenvalue weighted by Crippen LogP contribution is -2.12. The van der Waals surface area contributed by atoms with Crippen LogP contribution in [0.15, 0.2) is 24.3 Å². The molecule has 0 fully saturated rings. The molecule has 3 heteroatoms. The van der Waals surface area contributed by atoms with E-state index in [0.29, 0.717) is 0 Å². The maximum Gasteiger partial charge on any atom is 0.118 e. The fraction of sp³-hybridized carbons (Fsp3) is 0.400. The SMILES string of the molecule is Cc1cc(C)n(-c2cc(O)cc(C(C)(C)C)c2)n1. The summed E-state index contributed by atoms with van der Waals surface area (Å²) >= 11 is 0. The van der Waals surface area contributed by atoms with Gasteiger partial charge in [-0.1, -0.05) is 20.8 Å². The normalized spacial score (nSPS) is 11.8. The molecule has 0 aliphatic carbocycles. The van der Waals surface area contributed by atoms with Crippen LogP contribution in [0, 0.1) is 13.8 Å². The maximum absolute atomic E-state index is 9.88. The average molecular weight is 244 g/mol. The van der Waals surface area contributed by atoms with E-state index in [9.17, 15) is 5.11 Å². The van der Waals surface area contributed by atoms with Gasteiger partial charge in [0, 0.05) is 11.8 Å². The number of aromatic hydroxyl groups is 1. The van der Waals surface area contributed by atoms with Crippen molar-refractivity contribution in [3.05, 3.63) is 41.2 Å². The second kappa shape index (κ2) is 4.16. The number of rotatable bonds is 1. The molecule has 0 spiro atoms. The number of benzene rings is 1. The van der Waals surface area contributed by atoms with Gasteiger partial charge >= 0.3 is 0 Å². The van der Waals surface area contributed by atoms with Gasteiger partial charge in [0.2, 0.25) is 0 Å². The molecular weight excluding hydrogens is 224 g/mol. The van der Waals surface area contributed by atoms with Crippen molar-refractivity contribution in [1.82, 2.24) is 9.78 Å². The van der Waals surface area contributed by atoms with Crippen LogP contribution in [0.2, 0.25) is 0 Å². The molecule has 0 aliphatic heterocycles. The number of phenols is 1. The summed E-state index contributed by atoms with van der Waals surface area (Å²) in [6, 6.07) is 7.67. The smallest absolute Gasteiger partial charge is 0.118 e. The molecule has 0 aliphatic rings. The van der Waals surface area contributed by atoms with Crippen molar-refractivity contribution < 1.29 is 5.11 Å². The molecule has 2 aromatic rings. The molecule has 1 heterocycles. The predicted molar refractivity (Wildman–Crippen MR) is 73.4 cm³/mol. The number of phenolic OH excluding ortho intramolecular Hbond substituents is 1. The quantitative estimate of drug-likeness (QED) is 0.833. The third-order valence-electron chi connectivity index (χ3n) is 3.02. The molecular formula is C15H20N2O. The van der Waals surface area contributed by atoms with E-state index >= 15 is 0 Å². The van der Waals surface area contributed by atoms with Crippen LogP contribution >= 0.6 is 0 Å². The van der Waals surface area contributed by atoms with Crippen molar-refractivity contribution in [1.29, 1.82) is 0 Å². The lowest BCUT2D eigenvalue weighted by Gasteiger charge is -2.20. The predicted octanol–water partition coefficient (Wildman–Crippen LogP) is 3.49. The molecule has 0 atom stereocenters. The number of aryl methyl sites for hydroxylation is 2. The van der Waals surface area contributed by atoms with Crippen LogP contribution in [0.25, 0.3) is 5.69 Å². The van der Waals surface area contributed by atoms with E-state index in [-0.39, 0.29) is 11.2 Å². The summed E-state index contributed by atoms with van der Waals surface area (Å²) in [5, 5.41) is 14.3. The van der Waals surface area contributed by atoms with Crippen molar-refractivity contribution in [2.45, 2.75) is 40.0 Å². The van der Waals surface area contributed by atoms with Crippen LogP contribution in [0.3, 0.4) is 0 Å². The first-order chi connectivity index (χ1) is 8.27. The van der Waals surface area contributed by atoms with E-state index < -0.39 is 0 Å². The Labute approximate surface area is 108 Å². The molecule has 3 nitrogen and oxygen atoms in total. The lowest BCUT2D eigenvalue weighted by atomic mass is 9.86. The third kappa shape index (κ3) is 2.40. The van der Waals surface area contributed by atoms with Gasteiger partial charge in [0.1, 0.15) is 5.75 Å². The van der Waals surface area contributed by atoms with Gasteiger partial charge in [-0.15, -0.1) is 0 Å². The molecule has 0 radical (unpaired) electrons. The van der Waals surface area contributed by atoms with Crippen molar-refractivity contribution in [2.75, 3.05) is 0 Å². The first-order valence-electron chi connectivity index (χ1n) is 6.15. The van der Waals surface area contributed by atoms with Crippen molar-refractivity contribution >= 4 is 0 Å². The van der Waals surface area contributed by atoms with E-state index in [1.807, 2.05) is 30.7 Å². The molecule has 0 bridgehead atoms. The molecule has 0 saturated heterocycles. The second-order valence-corrected chi connectivity index (χ2v) is 5.83. The molecule has 2 rings (SSSR count). The zero-order chi connectivity index (χ0) is 13.5. The summed E-state index contributed by atoms with van der Waals surface area (Å²) < 4.78 is 1.87. The van der Waals surface area contributed by atoms with Gasteiger partial charge in [-0.25, -0.2) is 4.68 Å². The zero-order valence-electron chi connectivity index (χ0n) is 11.7. The van der Waals surface area contributed by atoms with E-state index in [0.717, 1.165) is 22.6 Å². The fourth-order valence-electron chi connectivity index (χ4n) is 2.04. The van der Waals surface area contributed by atoms with Gasteiger partial charge in [-0.2, -0.15) is 5.10 Å². The van der Waals surface area contributed by atoms with Gasteiger partial charge in [0.05, 0.1) is 11.4 Å². The highest BCUT2D eigenvalue weighted by molar-refractivity contribution is 5.45. The molecule has 0 amide bonds. The van der Waals surface area contributed by atoms with Crippen molar-refractivity contribution in [2.24, 2.45) is 0 Å². The van der Waals surface area contributed by atoms with Crippen molar-refractivity contribution in [3.63, 3.8) is 0 Å². The van der Waals surface area contributed by atoms with Crippen LogP contribution in [-0.2, 0) is 5.41 Å². The Hall–Kier alpha value is -1.77. The summed E-state index contributed by atoms with van der Waals surface area (Å²) in [5.74, 6) is 0.282. The summed E-state index contributed by atoms with van der Waals surface area (Å²) in [4.78, 5) is 0. The topological polar surface area (TPSA) is 38.0 Å². The maximum atomic E-state index is 9.88. The van der Waals surface area contributed by atoms with Gasteiger partial charge < -0.3 is 5.11 Å². The monoisotopic (exact) mass is 244 g/mol. The minimum Gasteiger partial charge on any atom is -0.508 e. The number of aromatic nitrogens is 2. The molecule has 1 N–H and O–H groups in total. The largest absolute Gasteiger partial charge is 0.508 e. The molecule has 1 aromatic heterocycles. The lowest BCUT2D eigenvalue weighted by molar-refractivity contribution is 0.470. The fourth-order valence-corrected chi connectivity index (χ4v) is 2.04. The Morgan fingerprint density at radius 1 is 1.06 bits per heavy atom. The standard InChI is InChI=1S/C15H20N2O/c1-10-6-11(2)17(16-10)13-7-12(15(3,4)5)8-14(18)9-13/h6-9,18H,1-5H3. The Bertz CT molecular complexity index is 577. The highest BCUT2D eigenvalue weighted by Gasteiger charge is 2.16. The highest BCUT2D eigenvalue weighted by Crippen LogP contribution is 2.28. The number of hydrogen-bond donors (Lipinski definition) is 1. The van der Waals surface area contributed by atoms with Gasteiger partial charge in [0.15, 0.2) is 0 Å². The van der Waals surface area contributed by atoms with Gasteiger partial charge in [-0.3, -0.25) is 0 Å². The Balaban J connectivity index is 2.59. The second-order valence-electron chi connectivity index (χ2n) is 5.83. The minimum atomic E-state index is 0.00356. The number of nitrogens with zero attached hydrogens (tertiary/aromatic N) is 2. The highest BCUT2D eigenvalue weighted by atomic mass is 16.3. The molecule has 96 valence electrons. The van der Waals surface area contributed by atoms with E-state index in [1.54, 1.807) is 6.07 Å².